The first-order valence-electron chi connectivity index (χ1n) is 8.12. The zero-order valence-electron chi connectivity index (χ0n) is 14.2. The van der Waals surface area contributed by atoms with Gasteiger partial charge in [0.2, 0.25) is 0 Å². The first kappa shape index (κ1) is 18.0. The lowest BCUT2D eigenvalue weighted by Gasteiger charge is -1.97. The lowest BCUT2D eigenvalue weighted by molar-refractivity contribution is -0.384. The molecule has 0 radical (unpaired) electrons. The maximum atomic E-state index is 10.9. The van der Waals surface area contributed by atoms with Crippen LogP contribution in [0.25, 0.3) is 27.6 Å². The number of hydrogen-bond donors (Lipinski definition) is 0. The van der Waals surface area contributed by atoms with Gasteiger partial charge in [0, 0.05) is 23.8 Å². The first-order chi connectivity index (χ1) is 13.6. The Morgan fingerprint density at radius 2 is 2.07 bits per heavy atom. The third kappa shape index (κ3) is 3.81. The van der Waals surface area contributed by atoms with E-state index < -0.39 is 4.92 Å². The van der Waals surface area contributed by atoms with Crippen molar-refractivity contribution in [2.24, 2.45) is 0 Å². The molecule has 2 aromatic carbocycles. The molecule has 2 aromatic heterocycles. The second kappa shape index (κ2) is 7.68. The zero-order valence-corrected chi connectivity index (χ0v) is 15.9. The molecule has 28 heavy (non-hydrogen) atoms. The van der Waals surface area contributed by atoms with E-state index in [0.717, 1.165) is 14.6 Å². The number of thiazole rings is 1. The number of rotatable bonds is 5. The number of allylic oxidation sites excluding steroid dienone is 1. The molecule has 0 saturated carbocycles. The summed E-state index contributed by atoms with van der Waals surface area (Å²) < 4.78 is 7.59. The highest BCUT2D eigenvalue weighted by Gasteiger charge is 2.11. The predicted molar refractivity (Wildman–Crippen MR) is 110 cm³/mol. The largest absolute Gasteiger partial charge is 0.457 e. The molecular formula is C20H11N3O3S2. The smallest absolute Gasteiger partial charge is 0.270 e. The van der Waals surface area contributed by atoms with Gasteiger partial charge in [-0.25, -0.2) is 4.98 Å². The average molecular weight is 405 g/mol. The van der Waals surface area contributed by atoms with E-state index in [1.54, 1.807) is 30.3 Å². The number of nitriles is 1. The van der Waals surface area contributed by atoms with Crippen LogP contribution < -0.4 is 0 Å². The van der Waals surface area contributed by atoms with Crippen molar-refractivity contribution >= 4 is 45.1 Å². The van der Waals surface area contributed by atoms with Crippen LogP contribution in [0, 0.1) is 21.4 Å². The summed E-state index contributed by atoms with van der Waals surface area (Å²) in [6.07, 6.45) is 1.64. The molecule has 0 aliphatic heterocycles. The van der Waals surface area contributed by atoms with E-state index in [2.05, 4.69) is 11.1 Å². The molecule has 0 atom stereocenters. The lowest BCUT2D eigenvalue weighted by Crippen LogP contribution is -1.87. The molecule has 4 rings (SSSR count). The number of hydrogen-bond acceptors (Lipinski definition) is 7. The third-order valence-corrected chi connectivity index (χ3v) is 5.85. The van der Waals surface area contributed by atoms with Crippen molar-refractivity contribution in [2.45, 2.75) is 4.34 Å². The molecule has 6 nitrogen and oxygen atoms in total. The van der Waals surface area contributed by atoms with Crippen molar-refractivity contribution in [3.8, 4) is 17.4 Å². The Labute approximate surface area is 167 Å². The highest BCUT2D eigenvalue weighted by molar-refractivity contribution is 8.05. The number of aromatic nitrogens is 1. The summed E-state index contributed by atoms with van der Waals surface area (Å²) in [5, 5.41) is 20.4. The van der Waals surface area contributed by atoms with Crippen LogP contribution in [0.1, 0.15) is 5.76 Å². The summed E-state index contributed by atoms with van der Waals surface area (Å²) in [4.78, 5) is 15.4. The van der Waals surface area contributed by atoms with Crippen LogP contribution in [0.15, 0.2) is 74.3 Å². The summed E-state index contributed by atoms with van der Waals surface area (Å²) in [5.74, 6) is 0.990. The van der Waals surface area contributed by atoms with Crippen LogP contribution in [-0.2, 0) is 0 Å². The van der Waals surface area contributed by atoms with Crippen molar-refractivity contribution in [3.63, 3.8) is 0 Å². The summed E-state index contributed by atoms with van der Waals surface area (Å²) in [7, 11) is 0. The van der Waals surface area contributed by atoms with Gasteiger partial charge in [-0.05, 0) is 36.0 Å². The molecule has 0 fully saturated rings. The Balaban J connectivity index is 1.58. The standard InChI is InChI=1S/C20H11N3O3S2/c21-12-16(27-20-22-17-6-1-2-7-19(17)28-20)11-15-8-9-18(26-15)13-4-3-5-14(10-13)23(24)25/h1-11H/b16-11+. The summed E-state index contributed by atoms with van der Waals surface area (Å²) in [5.41, 5.74) is 1.50. The zero-order chi connectivity index (χ0) is 19.5. The summed E-state index contributed by atoms with van der Waals surface area (Å²) in [6, 6.07) is 19.6. The number of thioether (sulfide) groups is 1. The van der Waals surface area contributed by atoms with E-state index in [9.17, 15) is 15.4 Å². The van der Waals surface area contributed by atoms with Crippen molar-refractivity contribution in [2.75, 3.05) is 0 Å². The van der Waals surface area contributed by atoms with Gasteiger partial charge in [-0.1, -0.05) is 24.3 Å². The van der Waals surface area contributed by atoms with Gasteiger partial charge in [-0.3, -0.25) is 10.1 Å². The van der Waals surface area contributed by atoms with E-state index in [-0.39, 0.29) is 5.69 Å². The number of furan rings is 1. The molecule has 0 unspecified atom stereocenters. The average Bonchev–Trinajstić information content (AvgIpc) is 3.34. The highest BCUT2D eigenvalue weighted by atomic mass is 32.2. The fraction of sp³-hybridized carbons (Fsp3) is 0. The maximum absolute atomic E-state index is 10.9. The maximum Gasteiger partial charge on any atom is 0.270 e. The van der Waals surface area contributed by atoms with Gasteiger partial charge >= 0.3 is 0 Å². The molecule has 0 aliphatic rings. The lowest BCUT2D eigenvalue weighted by atomic mass is 10.1. The number of para-hydroxylation sites is 1. The summed E-state index contributed by atoms with van der Waals surface area (Å²) >= 11 is 2.80. The number of nitro benzene ring substituents is 1. The van der Waals surface area contributed by atoms with Gasteiger partial charge in [0.25, 0.3) is 5.69 Å². The third-order valence-electron chi connectivity index (χ3n) is 3.82. The SMILES string of the molecule is N#C/C(=C\c1ccc(-c2cccc([N+](=O)[O-])c2)o1)Sc1nc2ccccc2s1. The first-order valence-corrected chi connectivity index (χ1v) is 9.75. The topological polar surface area (TPSA) is 93.0 Å². The Bertz CT molecular complexity index is 1220. The van der Waals surface area contributed by atoms with Gasteiger partial charge in [0.05, 0.1) is 20.0 Å². The molecule has 4 aromatic rings. The predicted octanol–water partition coefficient (Wildman–Crippen LogP) is 6.12. The molecule has 0 saturated heterocycles. The Hall–Kier alpha value is -3.41. The molecule has 8 heteroatoms. The van der Waals surface area contributed by atoms with Gasteiger partial charge in [0.1, 0.15) is 17.6 Å². The molecule has 0 amide bonds. The Kier molecular flexibility index (Phi) is 4.93. The molecular weight excluding hydrogens is 394 g/mol. The highest BCUT2D eigenvalue weighted by Crippen LogP contribution is 2.35. The number of fused-ring (bicyclic) bond motifs is 1. The van der Waals surface area contributed by atoms with Gasteiger partial charge in [-0.15, -0.1) is 11.3 Å². The number of nitrogens with zero attached hydrogens (tertiary/aromatic N) is 3. The van der Waals surface area contributed by atoms with E-state index in [1.165, 1.54) is 35.2 Å². The second-order valence-electron chi connectivity index (χ2n) is 5.68. The summed E-state index contributed by atoms with van der Waals surface area (Å²) in [6.45, 7) is 0. The Morgan fingerprint density at radius 3 is 2.86 bits per heavy atom. The van der Waals surface area contributed by atoms with Crippen molar-refractivity contribution < 1.29 is 9.34 Å². The second-order valence-corrected chi connectivity index (χ2v) is 8.00. The number of benzene rings is 2. The Morgan fingerprint density at radius 1 is 1.21 bits per heavy atom. The molecule has 0 spiro atoms. The van der Waals surface area contributed by atoms with E-state index in [4.69, 9.17) is 4.42 Å². The van der Waals surface area contributed by atoms with Crippen molar-refractivity contribution in [1.82, 2.24) is 4.98 Å². The minimum absolute atomic E-state index is 0.00454. The molecule has 0 N–H and O–H groups in total. The van der Waals surface area contributed by atoms with Crippen molar-refractivity contribution in [1.29, 1.82) is 5.26 Å². The minimum Gasteiger partial charge on any atom is -0.457 e. The van der Waals surface area contributed by atoms with Gasteiger partial charge in [-0.2, -0.15) is 5.26 Å². The molecule has 136 valence electrons. The van der Waals surface area contributed by atoms with Crippen molar-refractivity contribution in [3.05, 3.63) is 81.4 Å². The van der Waals surface area contributed by atoms with Crippen LogP contribution in [0.2, 0.25) is 0 Å². The molecule has 2 heterocycles. The van der Waals surface area contributed by atoms with Crippen LogP contribution in [0.3, 0.4) is 0 Å². The van der Waals surface area contributed by atoms with Crippen LogP contribution in [-0.4, -0.2) is 9.91 Å². The van der Waals surface area contributed by atoms with Gasteiger partial charge < -0.3 is 4.42 Å². The van der Waals surface area contributed by atoms with E-state index >= 15 is 0 Å². The molecule has 0 aliphatic carbocycles. The van der Waals surface area contributed by atoms with Crippen LogP contribution in [0.5, 0.6) is 0 Å². The van der Waals surface area contributed by atoms with Gasteiger partial charge in [0.15, 0.2) is 4.34 Å². The van der Waals surface area contributed by atoms with Crippen LogP contribution in [0.4, 0.5) is 5.69 Å². The number of nitro groups is 1. The molecule has 0 bridgehead atoms. The van der Waals surface area contributed by atoms with E-state index in [0.29, 0.717) is 22.0 Å². The monoisotopic (exact) mass is 405 g/mol. The fourth-order valence-corrected chi connectivity index (χ4v) is 4.52. The minimum atomic E-state index is -0.449. The van der Waals surface area contributed by atoms with E-state index in [1.807, 2.05) is 24.3 Å². The fourth-order valence-electron chi connectivity index (χ4n) is 2.56. The quantitative estimate of drug-likeness (QED) is 0.172. The normalized spacial score (nSPS) is 11.5. The number of non-ortho nitro benzene ring substituents is 1. The van der Waals surface area contributed by atoms with Crippen LogP contribution >= 0.6 is 23.1 Å².